The Kier molecular flexibility index (Phi) is 6.85. The van der Waals surface area contributed by atoms with Gasteiger partial charge in [-0.1, -0.05) is 0 Å². The molecule has 1 aliphatic rings. The van der Waals surface area contributed by atoms with Crippen LogP contribution in [-0.4, -0.2) is 22.2 Å². The van der Waals surface area contributed by atoms with Crippen molar-refractivity contribution in [3.05, 3.63) is 70.8 Å². The number of aliphatic hydroxyl groups excluding tert-OH is 1. The number of ether oxygens (including phenoxy) is 1. The van der Waals surface area contributed by atoms with Crippen molar-refractivity contribution in [3.8, 4) is 5.75 Å². The Hall–Kier alpha value is -2.35. The summed E-state index contributed by atoms with van der Waals surface area (Å²) in [5.74, 6) is -1.45. The van der Waals surface area contributed by atoms with Gasteiger partial charge in [0, 0.05) is 53.6 Å². The number of hydrogen-bond acceptors (Lipinski definition) is 4. The molecule has 4 rings (SSSR count). The number of benzene rings is 2. The van der Waals surface area contributed by atoms with Gasteiger partial charge in [-0.15, -0.1) is 12.4 Å². The van der Waals surface area contributed by atoms with E-state index in [9.17, 15) is 18.3 Å². The zero-order valence-electron chi connectivity index (χ0n) is 16.3. The van der Waals surface area contributed by atoms with Crippen LogP contribution in [0.2, 0.25) is 0 Å². The van der Waals surface area contributed by atoms with Crippen LogP contribution >= 0.6 is 12.4 Å². The number of nitrogens with one attached hydrogen (secondary N) is 1. The molecule has 1 aromatic heterocycles. The maximum absolute atomic E-state index is 14.5. The van der Waals surface area contributed by atoms with Crippen molar-refractivity contribution < 1.29 is 23.0 Å². The highest BCUT2D eigenvalue weighted by Crippen LogP contribution is 2.30. The maximum Gasteiger partial charge on any atom is 0.132 e. The first-order chi connectivity index (χ1) is 14.0. The van der Waals surface area contributed by atoms with Crippen LogP contribution in [0.4, 0.5) is 13.2 Å². The molecule has 1 saturated carbocycles. The molecule has 8 heteroatoms. The van der Waals surface area contributed by atoms with Crippen LogP contribution in [-0.2, 0) is 13.2 Å². The van der Waals surface area contributed by atoms with Gasteiger partial charge in [-0.2, -0.15) is 0 Å². The number of fused-ring (bicyclic) bond motifs is 1. The number of aromatic nitrogens is 1. The summed E-state index contributed by atoms with van der Waals surface area (Å²) >= 11 is 0. The number of halogens is 4. The average molecular weight is 439 g/mol. The topological polar surface area (TPSA) is 54.4 Å². The van der Waals surface area contributed by atoms with Crippen molar-refractivity contribution in [1.82, 2.24) is 10.3 Å². The van der Waals surface area contributed by atoms with E-state index in [-0.39, 0.29) is 48.3 Å². The number of hydrogen-bond donors (Lipinski definition) is 2. The first-order valence-electron chi connectivity index (χ1n) is 9.46. The van der Waals surface area contributed by atoms with Gasteiger partial charge in [-0.3, -0.25) is 4.98 Å². The van der Waals surface area contributed by atoms with Gasteiger partial charge in [-0.25, -0.2) is 13.2 Å². The number of aliphatic hydroxyl groups is 1. The first kappa shape index (κ1) is 22.3. The van der Waals surface area contributed by atoms with E-state index >= 15 is 0 Å². The third kappa shape index (κ3) is 4.38. The molecular formula is C22H22ClF3N2O2. The van der Waals surface area contributed by atoms with Gasteiger partial charge in [0.05, 0.1) is 6.61 Å². The van der Waals surface area contributed by atoms with E-state index in [1.54, 1.807) is 18.5 Å². The van der Waals surface area contributed by atoms with Crippen molar-refractivity contribution >= 4 is 23.2 Å². The molecule has 0 spiro atoms. The molecule has 2 N–H and O–H groups in total. The van der Waals surface area contributed by atoms with Crippen LogP contribution in [0, 0.1) is 24.4 Å². The van der Waals surface area contributed by atoms with E-state index in [0.717, 1.165) is 5.39 Å². The second-order valence-corrected chi connectivity index (χ2v) is 7.38. The second-order valence-electron chi connectivity index (χ2n) is 7.38. The van der Waals surface area contributed by atoms with Gasteiger partial charge >= 0.3 is 0 Å². The molecule has 1 fully saturated rings. The standard InChI is InChI=1S/C22H21F3N2O2.ClH/c1-12-20(23)7-16(8-21(12)24)29-15-5-14(6-15)27-10-19-17-2-3-26-9-18(17)13(11-28)4-22(19)25;/h2-4,7-9,14-15,27-28H,5-6,10-11H2,1H3;1H. The fraction of sp³-hybridized carbons (Fsp3) is 0.318. The molecule has 30 heavy (non-hydrogen) atoms. The van der Waals surface area contributed by atoms with Gasteiger partial charge in [-0.05, 0) is 42.8 Å². The summed E-state index contributed by atoms with van der Waals surface area (Å²) in [6, 6.07) is 5.58. The minimum absolute atomic E-state index is 0. The van der Waals surface area contributed by atoms with E-state index in [1.807, 2.05) is 0 Å². The lowest BCUT2D eigenvalue weighted by Crippen LogP contribution is -2.46. The molecule has 0 aliphatic heterocycles. The molecule has 0 radical (unpaired) electrons. The van der Waals surface area contributed by atoms with Crippen molar-refractivity contribution in [2.75, 3.05) is 0 Å². The van der Waals surface area contributed by atoms with Crippen LogP contribution in [0.5, 0.6) is 5.75 Å². The highest BCUT2D eigenvalue weighted by molar-refractivity contribution is 5.88. The highest BCUT2D eigenvalue weighted by atomic mass is 35.5. The van der Waals surface area contributed by atoms with Crippen LogP contribution in [0.3, 0.4) is 0 Å². The fourth-order valence-electron chi connectivity index (χ4n) is 3.63. The Bertz CT molecular complexity index is 1030. The fourth-order valence-corrected chi connectivity index (χ4v) is 3.63. The normalized spacial score (nSPS) is 18.0. The monoisotopic (exact) mass is 438 g/mol. The maximum atomic E-state index is 14.5. The van der Waals surface area contributed by atoms with Crippen LogP contribution in [0.1, 0.15) is 29.5 Å². The lowest BCUT2D eigenvalue weighted by atomic mass is 9.88. The lowest BCUT2D eigenvalue weighted by Gasteiger charge is -2.36. The summed E-state index contributed by atoms with van der Waals surface area (Å²) in [4.78, 5) is 4.06. The van der Waals surface area contributed by atoms with Gasteiger partial charge < -0.3 is 15.2 Å². The van der Waals surface area contributed by atoms with E-state index < -0.39 is 11.6 Å². The average Bonchev–Trinajstić information content (AvgIpc) is 2.68. The third-order valence-electron chi connectivity index (χ3n) is 5.47. The molecule has 4 nitrogen and oxygen atoms in total. The first-order valence-corrected chi connectivity index (χ1v) is 9.46. The number of pyridine rings is 1. The van der Waals surface area contributed by atoms with Crippen molar-refractivity contribution in [2.24, 2.45) is 0 Å². The van der Waals surface area contributed by atoms with Crippen molar-refractivity contribution in [3.63, 3.8) is 0 Å². The summed E-state index contributed by atoms with van der Waals surface area (Å²) < 4.78 is 47.4. The molecule has 160 valence electrons. The molecule has 0 bridgehead atoms. The molecular weight excluding hydrogens is 417 g/mol. The van der Waals surface area contributed by atoms with Crippen LogP contribution in [0.25, 0.3) is 10.8 Å². The summed E-state index contributed by atoms with van der Waals surface area (Å²) in [7, 11) is 0. The molecule has 0 unspecified atom stereocenters. The summed E-state index contributed by atoms with van der Waals surface area (Å²) in [5.41, 5.74) is 0.998. The van der Waals surface area contributed by atoms with E-state index in [1.165, 1.54) is 25.1 Å². The minimum atomic E-state index is -0.628. The Balaban J connectivity index is 0.00000256. The highest BCUT2D eigenvalue weighted by Gasteiger charge is 2.31. The quantitative estimate of drug-likeness (QED) is 0.591. The molecule has 0 amide bonds. The van der Waals surface area contributed by atoms with E-state index in [2.05, 4.69) is 10.3 Å². The third-order valence-corrected chi connectivity index (χ3v) is 5.47. The van der Waals surface area contributed by atoms with Gasteiger partial charge in [0.15, 0.2) is 0 Å². The molecule has 0 saturated heterocycles. The predicted octanol–water partition coefficient (Wildman–Crippen LogP) is 4.57. The number of nitrogens with zero attached hydrogens (tertiary/aromatic N) is 1. The predicted molar refractivity (Wildman–Crippen MR) is 110 cm³/mol. The smallest absolute Gasteiger partial charge is 0.132 e. The molecule has 0 atom stereocenters. The van der Waals surface area contributed by atoms with E-state index in [4.69, 9.17) is 4.74 Å². The van der Waals surface area contributed by atoms with Crippen LogP contribution < -0.4 is 10.1 Å². The van der Waals surface area contributed by atoms with Crippen molar-refractivity contribution in [2.45, 2.75) is 45.1 Å². The zero-order valence-corrected chi connectivity index (χ0v) is 17.1. The Labute approximate surface area is 178 Å². The van der Waals surface area contributed by atoms with E-state index in [0.29, 0.717) is 35.9 Å². The second kappa shape index (κ2) is 9.20. The Morgan fingerprint density at radius 2 is 1.80 bits per heavy atom. The van der Waals surface area contributed by atoms with Crippen molar-refractivity contribution in [1.29, 1.82) is 0 Å². The van der Waals surface area contributed by atoms with Gasteiger partial charge in [0.25, 0.3) is 0 Å². The van der Waals surface area contributed by atoms with Gasteiger partial charge in [0.2, 0.25) is 0 Å². The minimum Gasteiger partial charge on any atom is -0.490 e. The largest absolute Gasteiger partial charge is 0.490 e. The summed E-state index contributed by atoms with van der Waals surface area (Å²) in [5, 5.41) is 14.2. The zero-order chi connectivity index (χ0) is 20.5. The number of rotatable bonds is 6. The molecule has 3 aromatic rings. The summed E-state index contributed by atoms with van der Waals surface area (Å²) in [6.45, 7) is 1.45. The molecule has 1 aliphatic carbocycles. The molecule has 1 heterocycles. The van der Waals surface area contributed by atoms with Crippen LogP contribution in [0.15, 0.2) is 36.7 Å². The SMILES string of the molecule is Cc1c(F)cc(OC2CC(NCc3c(F)cc(CO)c4cnccc34)C2)cc1F.Cl. The Morgan fingerprint density at radius 1 is 1.10 bits per heavy atom. The van der Waals surface area contributed by atoms with Gasteiger partial charge in [0.1, 0.15) is 29.3 Å². The summed E-state index contributed by atoms with van der Waals surface area (Å²) in [6.07, 6.45) is 4.40. The molecule has 2 aromatic carbocycles. The lowest BCUT2D eigenvalue weighted by molar-refractivity contribution is 0.0836. The Morgan fingerprint density at radius 3 is 2.47 bits per heavy atom.